The Hall–Kier alpha value is -2.44. The van der Waals surface area contributed by atoms with Crippen LogP contribution in [-0.2, 0) is 16.1 Å². The fourth-order valence-electron chi connectivity index (χ4n) is 2.03. The van der Waals surface area contributed by atoms with Gasteiger partial charge in [0.15, 0.2) is 0 Å². The molecule has 1 saturated heterocycles. The van der Waals surface area contributed by atoms with E-state index in [9.17, 15) is 19.7 Å². The van der Waals surface area contributed by atoms with Gasteiger partial charge in [-0.3, -0.25) is 24.6 Å². The van der Waals surface area contributed by atoms with Crippen molar-refractivity contribution in [3.63, 3.8) is 0 Å². The molecular weight excluding hydrogens is 250 g/mol. The lowest BCUT2D eigenvalue weighted by Gasteiger charge is -2.15. The largest absolute Gasteiger partial charge is 0.398 e. The Labute approximate surface area is 109 Å². The average molecular weight is 263 g/mol. The van der Waals surface area contributed by atoms with Crippen molar-refractivity contribution in [2.45, 2.75) is 19.9 Å². The van der Waals surface area contributed by atoms with Crippen molar-refractivity contribution >= 4 is 23.2 Å². The Balaban J connectivity index is 2.28. The van der Waals surface area contributed by atoms with E-state index in [1.807, 2.05) is 0 Å². The Morgan fingerprint density at radius 1 is 1.47 bits per heavy atom. The molecule has 0 saturated carbocycles. The van der Waals surface area contributed by atoms with E-state index in [0.717, 1.165) is 4.90 Å². The van der Waals surface area contributed by atoms with Crippen molar-refractivity contribution in [3.8, 4) is 0 Å². The summed E-state index contributed by atoms with van der Waals surface area (Å²) in [7, 11) is 0. The van der Waals surface area contributed by atoms with Gasteiger partial charge in [-0.05, 0) is 6.07 Å². The molecule has 1 unspecified atom stereocenters. The normalized spacial score (nSPS) is 19.0. The van der Waals surface area contributed by atoms with Gasteiger partial charge in [-0.2, -0.15) is 0 Å². The van der Waals surface area contributed by atoms with Crippen LogP contribution in [0.25, 0.3) is 0 Å². The number of nitrogens with two attached hydrogens (primary N) is 1. The smallest absolute Gasteiger partial charge is 0.269 e. The lowest BCUT2D eigenvalue weighted by molar-refractivity contribution is -0.384. The van der Waals surface area contributed by atoms with E-state index >= 15 is 0 Å². The van der Waals surface area contributed by atoms with Gasteiger partial charge < -0.3 is 5.73 Å². The van der Waals surface area contributed by atoms with Crippen LogP contribution >= 0.6 is 0 Å². The molecule has 2 amide bonds. The van der Waals surface area contributed by atoms with Crippen LogP contribution in [0.5, 0.6) is 0 Å². The van der Waals surface area contributed by atoms with Gasteiger partial charge in [-0.25, -0.2) is 0 Å². The molecule has 0 radical (unpaired) electrons. The number of non-ortho nitro benzene ring substituents is 1. The van der Waals surface area contributed by atoms with E-state index in [1.54, 1.807) is 6.92 Å². The first-order valence-electron chi connectivity index (χ1n) is 5.77. The van der Waals surface area contributed by atoms with Gasteiger partial charge in [0.05, 0.1) is 11.5 Å². The zero-order valence-electron chi connectivity index (χ0n) is 10.3. The predicted molar refractivity (Wildman–Crippen MR) is 66.8 cm³/mol. The van der Waals surface area contributed by atoms with Gasteiger partial charge >= 0.3 is 0 Å². The summed E-state index contributed by atoms with van der Waals surface area (Å²) in [4.78, 5) is 34.7. The minimum atomic E-state index is -0.542. The fraction of sp³-hybridized carbons (Fsp3) is 0.333. The van der Waals surface area contributed by atoms with Crippen molar-refractivity contribution < 1.29 is 14.5 Å². The maximum absolute atomic E-state index is 11.8. The number of rotatable bonds is 3. The molecule has 2 N–H and O–H groups in total. The van der Waals surface area contributed by atoms with E-state index in [2.05, 4.69) is 0 Å². The highest BCUT2D eigenvalue weighted by atomic mass is 16.6. The maximum Gasteiger partial charge on any atom is 0.269 e. The molecule has 0 aliphatic carbocycles. The summed E-state index contributed by atoms with van der Waals surface area (Å²) >= 11 is 0. The number of benzene rings is 1. The average Bonchev–Trinajstić information content (AvgIpc) is 2.58. The standard InChI is InChI=1S/C12H13N3O4/c1-7-4-11(16)14(12(7)17)6-8-5-9(15(18)19)2-3-10(8)13/h2-3,5,7H,4,6,13H2,1H3. The van der Waals surface area contributed by atoms with Crippen LogP contribution in [0, 0.1) is 16.0 Å². The first kappa shape index (κ1) is 13.0. The molecule has 1 fully saturated rings. The van der Waals surface area contributed by atoms with E-state index in [4.69, 9.17) is 5.73 Å². The molecule has 19 heavy (non-hydrogen) atoms. The molecule has 1 aromatic rings. The van der Waals surface area contributed by atoms with Gasteiger partial charge in [-0.15, -0.1) is 0 Å². The number of nitrogen functional groups attached to an aromatic ring is 1. The maximum atomic E-state index is 11.8. The van der Waals surface area contributed by atoms with Gasteiger partial charge in [0.25, 0.3) is 5.69 Å². The zero-order chi connectivity index (χ0) is 14.2. The minimum Gasteiger partial charge on any atom is -0.398 e. The topological polar surface area (TPSA) is 107 Å². The number of likely N-dealkylation sites (tertiary alicyclic amines) is 1. The van der Waals surface area contributed by atoms with Crippen LogP contribution in [0.2, 0.25) is 0 Å². The molecule has 2 rings (SSSR count). The second kappa shape index (κ2) is 4.68. The van der Waals surface area contributed by atoms with Crippen LogP contribution in [-0.4, -0.2) is 21.6 Å². The number of nitrogens with zero attached hydrogens (tertiary/aromatic N) is 2. The summed E-state index contributed by atoms with van der Waals surface area (Å²) in [5.74, 6) is -0.883. The number of carbonyl (C=O) groups excluding carboxylic acids is 2. The highest BCUT2D eigenvalue weighted by molar-refractivity contribution is 6.03. The zero-order valence-corrected chi connectivity index (χ0v) is 10.3. The number of nitro groups is 1. The number of imide groups is 1. The Morgan fingerprint density at radius 2 is 2.16 bits per heavy atom. The molecule has 1 heterocycles. The molecule has 1 aliphatic heterocycles. The van der Waals surface area contributed by atoms with Crippen molar-refractivity contribution in [3.05, 3.63) is 33.9 Å². The van der Waals surface area contributed by atoms with E-state index in [-0.39, 0.29) is 36.4 Å². The molecule has 0 aromatic heterocycles. The summed E-state index contributed by atoms with van der Waals surface area (Å²) in [6, 6.07) is 3.98. The molecule has 7 nitrogen and oxygen atoms in total. The Kier molecular flexibility index (Phi) is 3.20. The van der Waals surface area contributed by atoms with Gasteiger partial charge in [-0.1, -0.05) is 6.92 Å². The van der Waals surface area contributed by atoms with Crippen molar-refractivity contribution in [2.75, 3.05) is 5.73 Å². The monoisotopic (exact) mass is 263 g/mol. The number of anilines is 1. The summed E-state index contributed by atoms with van der Waals surface area (Å²) in [5.41, 5.74) is 6.34. The van der Waals surface area contributed by atoms with Crippen LogP contribution in [0.1, 0.15) is 18.9 Å². The lowest BCUT2D eigenvalue weighted by Crippen LogP contribution is -2.30. The minimum absolute atomic E-state index is 0.0183. The molecular formula is C12H13N3O4. The molecule has 0 bridgehead atoms. The van der Waals surface area contributed by atoms with Crippen LogP contribution in [0.3, 0.4) is 0 Å². The number of carbonyl (C=O) groups is 2. The second-order valence-electron chi connectivity index (χ2n) is 4.56. The van der Waals surface area contributed by atoms with Crippen molar-refractivity contribution in [1.82, 2.24) is 4.90 Å². The third-order valence-corrected chi connectivity index (χ3v) is 3.14. The third-order valence-electron chi connectivity index (χ3n) is 3.14. The van der Waals surface area contributed by atoms with E-state index < -0.39 is 4.92 Å². The molecule has 7 heteroatoms. The van der Waals surface area contributed by atoms with Crippen molar-refractivity contribution in [1.29, 1.82) is 0 Å². The first-order chi connectivity index (χ1) is 8.90. The number of hydrogen-bond acceptors (Lipinski definition) is 5. The number of nitro benzene ring substituents is 1. The third kappa shape index (κ3) is 2.40. The van der Waals surface area contributed by atoms with E-state index in [1.165, 1.54) is 18.2 Å². The summed E-state index contributed by atoms with van der Waals surface area (Å²) < 4.78 is 0. The quantitative estimate of drug-likeness (QED) is 0.380. The molecule has 0 spiro atoms. The Bertz CT molecular complexity index is 570. The van der Waals surface area contributed by atoms with Crippen LogP contribution < -0.4 is 5.73 Å². The molecule has 100 valence electrons. The van der Waals surface area contributed by atoms with Gasteiger partial charge in [0.1, 0.15) is 0 Å². The first-order valence-corrected chi connectivity index (χ1v) is 5.77. The SMILES string of the molecule is CC1CC(=O)N(Cc2cc([N+](=O)[O-])ccc2N)C1=O. The molecule has 1 aromatic carbocycles. The molecule has 1 aliphatic rings. The predicted octanol–water partition coefficient (Wildman–Crippen LogP) is 1.07. The van der Waals surface area contributed by atoms with Crippen molar-refractivity contribution in [2.24, 2.45) is 5.92 Å². The summed E-state index contributed by atoms with van der Waals surface area (Å²) in [5, 5.41) is 10.7. The van der Waals surface area contributed by atoms with Gasteiger partial charge in [0.2, 0.25) is 11.8 Å². The fourth-order valence-corrected chi connectivity index (χ4v) is 2.03. The second-order valence-corrected chi connectivity index (χ2v) is 4.56. The number of hydrogen-bond donors (Lipinski definition) is 1. The highest BCUT2D eigenvalue weighted by Crippen LogP contribution is 2.25. The lowest BCUT2D eigenvalue weighted by atomic mass is 10.1. The van der Waals surface area contributed by atoms with Crippen LogP contribution in [0.15, 0.2) is 18.2 Å². The van der Waals surface area contributed by atoms with Gasteiger partial charge in [0, 0.05) is 35.7 Å². The number of amides is 2. The van der Waals surface area contributed by atoms with E-state index in [0.29, 0.717) is 11.3 Å². The summed E-state index contributed by atoms with van der Waals surface area (Å²) in [6.07, 6.45) is 0.174. The molecule has 1 atom stereocenters. The Morgan fingerprint density at radius 3 is 2.68 bits per heavy atom. The van der Waals surface area contributed by atoms with Crippen LogP contribution in [0.4, 0.5) is 11.4 Å². The highest BCUT2D eigenvalue weighted by Gasteiger charge is 2.35. The summed E-state index contributed by atoms with van der Waals surface area (Å²) in [6.45, 7) is 1.66.